The van der Waals surface area contributed by atoms with Crippen molar-refractivity contribution < 1.29 is 18.7 Å². The number of likely N-dealkylation sites (N-methyl/N-ethyl adjacent to an activating group) is 1. The summed E-state index contributed by atoms with van der Waals surface area (Å²) in [6.07, 6.45) is 5.90. The molecule has 3 aliphatic rings. The molecule has 4 rings (SSSR count). The number of nitrogens with zero attached hydrogens (tertiary/aromatic N) is 2. The van der Waals surface area contributed by atoms with Gasteiger partial charge in [-0.2, -0.15) is 0 Å². The summed E-state index contributed by atoms with van der Waals surface area (Å²) in [5.41, 5.74) is -0.0738. The Balaban J connectivity index is 1.48. The molecule has 3 aliphatic heterocycles. The van der Waals surface area contributed by atoms with E-state index in [0.29, 0.717) is 24.4 Å². The van der Waals surface area contributed by atoms with Crippen LogP contribution in [0.2, 0.25) is 0 Å². The van der Waals surface area contributed by atoms with Crippen LogP contribution >= 0.6 is 19.8 Å². The summed E-state index contributed by atoms with van der Waals surface area (Å²) in [6.45, 7) is 11.9. The van der Waals surface area contributed by atoms with Crippen LogP contribution in [0.5, 0.6) is 5.75 Å². The van der Waals surface area contributed by atoms with E-state index in [1.54, 1.807) is 12.1 Å². The van der Waals surface area contributed by atoms with E-state index in [2.05, 4.69) is 24.1 Å². The third-order valence-electron chi connectivity index (χ3n) is 6.97. The van der Waals surface area contributed by atoms with Crippen molar-refractivity contribution in [2.45, 2.75) is 59.1 Å². The van der Waals surface area contributed by atoms with Gasteiger partial charge in [0.15, 0.2) is 0 Å². The van der Waals surface area contributed by atoms with Gasteiger partial charge in [0.1, 0.15) is 0 Å². The number of ketones is 1. The van der Waals surface area contributed by atoms with Gasteiger partial charge in [-0.05, 0) is 13.8 Å². The Morgan fingerprint density at radius 3 is 2.38 bits per heavy atom. The fourth-order valence-corrected chi connectivity index (χ4v) is 12.8. The minimum absolute atomic E-state index is 0.0729. The van der Waals surface area contributed by atoms with Crippen LogP contribution in [0.4, 0.5) is 4.39 Å². The molecule has 1 amide bonds. The Morgan fingerprint density at radius 1 is 1.12 bits per heavy atom. The first kappa shape index (κ1) is 25.4. The number of piperidine rings is 1. The summed E-state index contributed by atoms with van der Waals surface area (Å²) in [5, 5.41) is 0. The Bertz CT molecular complexity index is 1050. The number of ether oxygens (including phenoxy) is 1. The SMILES string of the molecule is CC(C)Oc1ccc(C(=O)N2CCC3(CC2)C2=CC=C(C(=O)C(C)(C)C)I2CCN3C)cc1F. The topological polar surface area (TPSA) is 49.9 Å². The van der Waals surface area contributed by atoms with E-state index in [1.165, 1.54) is 9.65 Å². The molecule has 0 aromatic heterocycles. The van der Waals surface area contributed by atoms with Crippen LogP contribution in [0.25, 0.3) is 0 Å². The average Bonchev–Trinajstić information content (AvgIpc) is 3.21. The maximum atomic E-state index is 14.5. The van der Waals surface area contributed by atoms with E-state index < -0.39 is 25.6 Å². The van der Waals surface area contributed by atoms with Gasteiger partial charge in [-0.1, -0.05) is 0 Å². The Hall–Kier alpha value is -1.74. The monoisotopic (exact) mass is 582 g/mol. The molecule has 0 unspecified atom stereocenters. The van der Waals surface area contributed by atoms with Crippen LogP contribution in [0.1, 0.15) is 57.8 Å². The van der Waals surface area contributed by atoms with Crippen molar-refractivity contribution in [1.82, 2.24) is 9.80 Å². The first-order chi connectivity index (χ1) is 15.9. The Labute approximate surface area is 209 Å². The van der Waals surface area contributed by atoms with Gasteiger partial charge in [0, 0.05) is 0 Å². The number of alkyl halides is 1. The second-order valence-corrected chi connectivity index (χ2v) is 16.2. The van der Waals surface area contributed by atoms with Crippen LogP contribution in [0, 0.1) is 11.2 Å². The maximum absolute atomic E-state index is 14.5. The molecule has 1 spiro atoms. The molecule has 0 N–H and O–H groups in total. The Kier molecular flexibility index (Phi) is 6.99. The molecule has 2 saturated heterocycles. The van der Waals surface area contributed by atoms with Gasteiger partial charge in [-0.25, -0.2) is 0 Å². The van der Waals surface area contributed by atoms with Gasteiger partial charge in [0.05, 0.1) is 0 Å². The van der Waals surface area contributed by atoms with Gasteiger partial charge < -0.3 is 0 Å². The summed E-state index contributed by atoms with van der Waals surface area (Å²) in [7, 11) is 2.18. The number of fused-ring (bicyclic) bond motifs is 2. The number of halogens is 2. The van der Waals surface area contributed by atoms with Crippen molar-refractivity contribution in [2.24, 2.45) is 5.41 Å². The molecule has 34 heavy (non-hydrogen) atoms. The van der Waals surface area contributed by atoms with E-state index in [9.17, 15) is 14.0 Å². The summed E-state index contributed by atoms with van der Waals surface area (Å²) in [4.78, 5) is 30.6. The molecule has 1 aromatic carbocycles. The summed E-state index contributed by atoms with van der Waals surface area (Å²) < 4.78 is 23.6. The fraction of sp³-hybridized carbons (Fsp3) is 0.556. The number of hydrogen-bond acceptors (Lipinski definition) is 4. The van der Waals surface area contributed by atoms with Gasteiger partial charge in [0.2, 0.25) is 0 Å². The van der Waals surface area contributed by atoms with Gasteiger partial charge in [0.25, 0.3) is 0 Å². The minimum atomic E-state index is -1.72. The summed E-state index contributed by atoms with van der Waals surface area (Å²) in [6, 6.07) is 4.48. The number of hydrogen-bond donors (Lipinski definition) is 0. The van der Waals surface area contributed by atoms with Gasteiger partial charge in [-0.3, -0.25) is 0 Å². The van der Waals surface area contributed by atoms with Crippen molar-refractivity contribution in [2.75, 3.05) is 31.1 Å². The molecule has 186 valence electrons. The van der Waals surface area contributed by atoms with Crippen LogP contribution in [-0.2, 0) is 4.79 Å². The molecular formula is C27H36FIN2O3. The number of likely N-dealkylation sites (tertiary alicyclic amines) is 1. The van der Waals surface area contributed by atoms with Gasteiger partial charge in [-0.15, -0.1) is 0 Å². The number of Topliss-reactive ketones (excluding diaryl/α,β-unsaturated/α-hetero) is 1. The standard InChI is InChI=1S/C27H36FIN2O3/c1-18(2)34-22-9-7-19(17-20(22)28)25(33)31-14-11-27(12-15-31)23-10-8-21(24(32)26(3,4)5)29(23)13-16-30(27)6/h7-10,17-18H,11-16H2,1-6H3. The van der Waals surface area contributed by atoms with Gasteiger partial charge >= 0.3 is 196 Å². The third-order valence-corrected chi connectivity index (χ3v) is 13.5. The molecular weight excluding hydrogens is 546 g/mol. The van der Waals surface area contributed by atoms with Crippen LogP contribution in [0.3, 0.4) is 0 Å². The zero-order chi connectivity index (χ0) is 24.8. The number of carbonyl (C=O) groups is 2. The van der Waals surface area contributed by atoms with Crippen molar-refractivity contribution >= 4 is 31.5 Å². The fourth-order valence-electron chi connectivity index (χ4n) is 4.99. The Morgan fingerprint density at radius 2 is 1.79 bits per heavy atom. The molecule has 0 bridgehead atoms. The number of carbonyl (C=O) groups excluding carboxylic acids is 2. The van der Waals surface area contributed by atoms with Crippen molar-refractivity contribution in [3.63, 3.8) is 0 Å². The normalized spacial score (nSPS) is 21.4. The van der Waals surface area contributed by atoms with E-state index in [1.807, 2.05) is 39.5 Å². The average molecular weight is 582 g/mol. The number of amides is 1. The van der Waals surface area contributed by atoms with Crippen molar-refractivity contribution in [3.05, 3.63) is 48.9 Å². The predicted octanol–water partition coefficient (Wildman–Crippen LogP) is 5.44. The zero-order valence-corrected chi connectivity index (χ0v) is 23.2. The molecule has 0 radical (unpaired) electrons. The molecule has 0 saturated carbocycles. The number of benzene rings is 1. The zero-order valence-electron chi connectivity index (χ0n) is 21.1. The quantitative estimate of drug-likeness (QED) is 0.351. The predicted molar refractivity (Wildman–Crippen MR) is 142 cm³/mol. The van der Waals surface area contributed by atoms with E-state index in [4.69, 9.17) is 4.74 Å². The van der Waals surface area contributed by atoms with E-state index in [-0.39, 0.29) is 28.7 Å². The second kappa shape index (κ2) is 9.37. The van der Waals surface area contributed by atoms with Crippen molar-refractivity contribution in [1.29, 1.82) is 0 Å². The summed E-state index contributed by atoms with van der Waals surface area (Å²) >= 11 is -1.72. The number of allylic oxidation sites excluding steroid dienone is 3. The molecule has 0 aliphatic carbocycles. The molecule has 2 fully saturated rings. The molecule has 5 nitrogen and oxygen atoms in total. The molecule has 7 heteroatoms. The first-order valence-corrected chi connectivity index (χ1v) is 15.7. The third kappa shape index (κ3) is 4.57. The second-order valence-electron chi connectivity index (χ2n) is 10.7. The van der Waals surface area contributed by atoms with Crippen LogP contribution in [-0.4, -0.2) is 64.2 Å². The van der Waals surface area contributed by atoms with E-state index >= 15 is 0 Å². The first-order valence-electron chi connectivity index (χ1n) is 12.0. The molecule has 0 atom stereocenters. The molecule has 1 aromatic rings. The van der Waals surface area contributed by atoms with Crippen molar-refractivity contribution in [3.8, 4) is 5.75 Å². The van der Waals surface area contributed by atoms with Crippen LogP contribution in [0.15, 0.2) is 37.5 Å². The summed E-state index contributed by atoms with van der Waals surface area (Å²) in [5.74, 6) is -0.178. The van der Waals surface area contributed by atoms with E-state index in [0.717, 1.165) is 27.4 Å². The number of rotatable bonds is 4. The molecule has 3 heterocycles. The van der Waals surface area contributed by atoms with Crippen LogP contribution < -0.4 is 4.74 Å².